The summed E-state index contributed by atoms with van der Waals surface area (Å²) in [6.07, 6.45) is 8.30. The maximum Gasteiger partial charge on any atom is 0.256 e. The van der Waals surface area contributed by atoms with Crippen LogP contribution in [0.2, 0.25) is 0 Å². The van der Waals surface area contributed by atoms with Gasteiger partial charge in [-0.1, -0.05) is 12.1 Å². The number of amides is 2. The molecule has 7 heteroatoms. The zero-order valence-corrected chi connectivity index (χ0v) is 15.5. The van der Waals surface area contributed by atoms with Gasteiger partial charge in [0.1, 0.15) is 12.7 Å². The van der Waals surface area contributed by atoms with Crippen molar-refractivity contribution in [3.05, 3.63) is 42.5 Å². The molecule has 0 spiro atoms. The highest BCUT2D eigenvalue weighted by Crippen LogP contribution is 2.24. The molecule has 3 heterocycles. The molecule has 2 amide bonds. The van der Waals surface area contributed by atoms with Gasteiger partial charge in [0.25, 0.3) is 5.91 Å². The van der Waals surface area contributed by atoms with Gasteiger partial charge in [-0.25, -0.2) is 0 Å². The van der Waals surface area contributed by atoms with E-state index in [1.165, 1.54) is 6.42 Å². The molecule has 0 bridgehead atoms. The van der Waals surface area contributed by atoms with Crippen molar-refractivity contribution in [1.82, 2.24) is 24.6 Å². The Hall–Kier alpha value is -2.70. The number of aromatic nitrogens is 3. The number of carbonyl (C=O) groups is 2. The van der Waals surface area contributed by atoms with Gasteiger partial charge >= 0.3 is 0 Å². The molecule has 2 aliphatic rings. The van der Waals surface area contributed by atoms with Gasteiger partial charge in [0.15, 0.2) is 0 Å². The summed E-state index contributed by atoms with van der Waals surface area (Å²) in [7, 11) is 0. The minimum atomic E-state index is -0.0807. The van der Waals surface area contributed by atoms with Gasteiger partial charge in [-0.3, -0.25) is 14.2 Å². The van der Waals surface area contributed by atoms with Crippen LogP contribution in [0.1, 0.15) is 42.5 Å². The predicted molar refractivity (Wildman–Crippen MR) is 100 cm³/mol. The van der Waals surface area contributed by atoms with Crippen molar-refractivity contribution in [2.24, 2.45) is 5.92 Å². The Kier molecular flexibility index (Phi) is 5.18. The Bertz CT molecular complexity index is 798. The molecule has 0 N–H and O–H groups in total. The van der Waals surface area contributed by atoms with Crippen LogP contribution in [0, 0.1) is 5.92 Å². The van der Waals surface area contributed by atoms with Crippen LogP contribution in [0.3, 0.4) is 0 Å². The molecule has 2 fully saturated rings. The molecule has 4 rings (SSSR count). The van der Waals surface area contributed by atoms with Crippen LogP contribution in [0.15, 0.2) is 36.9 Å². The summed E-state index contributed by atoms with van der Waals surface area (Å²) in [4.78, 5) is 29.9. The molecule has 1 atom stereocenters. The number of hydrogen-bond donors (Lipinski definition) is 0. The SMILES string of the molecule is O=C(c1ccccc1-n1cnnc1)N1CCCC(C(=O)N2CCCCC2)C1. The van der Waals surface area contributed by atoms with E-state index in [1.807, 2.05) is 34.1 Å². The Morgan fingerprint density at radius 3 is 2.37 bits per heavy atom. The lowest BCUT2D eigenvalue weighted by Crippen LogP contribution is -2.48. The van der Waals surface area contributed by atoms with Crippen LogP contribution >= 0.6 is 0 Å². The molecule has 1 unspecified atom stereocenters. The highest BCUT2D eigenvalue weighted by molar-refractivity contribution is 5.98. The number of nitrogens with zero attached hydrogens (tertiary/aromatic N) is 5. The zero-order chi connectivity index (χ0) is 18.6. The highest BCUT2D eigenvalue weighted by Gasteiger charge is 2.32. The summed E-state index contributed by atoms with van der Waals surface area (Å²) in [5.41, 5.74) is 1.38. The first-order chi connectivity index (χ1) is 13.2. The molecule has 2 aliphatic heterocycles. The Labute approximate surface area is 159 Å². The van der Waals surface area contributed by atoms with E-state index >= 15 is 0 Å². The van der Waals surface area contributed by atoms with Crippen LogP contribution in [0.5, 0.6) is 0 Å². The molecule has 0 aliphatic carbocycles. The fraction of sp³-hybridized carbons (Fsp3) is 0.500. The molecule has 1 aromatic carbocycles. The smallest absolute Gasteiger partial charge is 0.256 e. The van der Waals surface area contributed by atoms with Gasteiger partial charge in [-0.2, -0.15) is 0 Å². The molecule has 1 aromatic heterocycles. The van der Waals surface area contributed by atoms with Crippen molar-refractivity contribution in [2.75, 3.05) is 26.2 Å². The first-order valence-corrected chi connectivity index (χ1v) is 9.76. The first-order valence-electron chi connectivity index (χ1n) is 9.76. The summed E-state index contributed by atoms with van der Waals surface area (Å²) in [5.74, 6) is 0.109. The van der Waals surface area contributed by atoms with E-state index in [4.69, 9.17) is 0 Å². The lowest BCUT2D eigenvalue weighted by atomic mass is 9.94. The van der Waals surface area contributed by atoms with E-state index in [9.17, 15) is 9.59 Å². The summed E-state index contributed by atoms with van der Waals surface area (Å²) in [5, 5.41) is 7.67. The molecule has 2 saturated heterocycles. The lowest BCUT2D eigenvalue weighted by molar-refractivity contribution is -0.137. The van der Waals surface area contributed by atoms with Gasteiger partial charge < -0.3 is 9.80 Å². The summed E-state index contributed by atoms with van der Waals surface area (Å²) in [6, 6.07) is 7.47. The molecular formula is C20H25N5O2. The molecule has 27 heavy (non-hydrogen) atoms. The Morgan fingerprint density at radius 1 is 0.889 bits per heavy atom. The van der Waals surface area contributed by atoms with E-state index in [1.54, 1.807) is 17.2 Å². The summed E-state index contributed by atoms with van der Waals surface area (Å²) < 4.78 is 1.74. The van der Waals surface area contributed by atoms with E-state index in [2.05, 4.69) is 10.2 Å². The van der Waals surface area contributed by atoms with Crippen molar-refractivity contribution in [3.8, 4) is 5.69 Å². The molecule has 0 saturated carbocycles. The number of para-hydroxylation sites is 1. The third-order valence-electron chi connectivity index (χ3n) is 5.56. The topological polar surface area (TPSA) is 71.3 Å². The van der Waals surface area contributed by atoms with E-state index < -0.39 is 0 Å². The number of benzene rings is 1. The summed E-state index contributed by atoms with van der Waals surface area (Å²) >= 11 is 0. The van der Waals surface area contributed by atoms with Gasteiger partial charge in [0.2, 0.25) is 5.91 Å². The number of hydrogen-bond acceptors (Lipinski definition) is 4. The normalized spacial score (nSPS) is 20.5. The minimum Gasteiger partial charge on any atom is -0.342 e. The highest BCUT2D eigenvalue weighted by atomic mass is 16.2. The number of piperidine rings is 2. The lowest BCUT2D eigenvalue weighted by Gasteiger charge is -2.36. The molecular weight excluding hydrogens is 342 g/mol. The average molecular weight is 367 g/mol. The second kappa shape index (κ2) is 7.90. The van der Waals surface area contributed by atoms with E-state index in [0.717, 1.165) is 44.5 Å². The Balaban J connectivity index is 1.50. The molecule has 142 valence electrons. The number of carbonyl (C=O) groups excluding carboxylic acids is 2. The summed E-state index contributed by atoms with van der Waals surface area (Å²) in [6.45, 7) is 2.92. The monoisotopic (exact) mass is 367 g/mol. The maximum absolute atomic E-state index is 13.2. The van der Waals surface area contributed by atoms with Crippen molar-refractivity contribution >= 4 is 11.8 Å². The number of likely N-dealkylation sites (tertiary alicyclic amines) is 2. The van der Waals surface area contributed by atoms with Crippen molar-refractivity contribution < 1.29 is 9.59 Å². The fourth-order valence-corrected chi connectivity index (χ4v) is 4.11. The second-order valence-corrected chi connectivity index (χ2v) is 7.36. The van der Waals surface area contributed by atoms with Crippen LogP contribution in [-0.4, -0.2) is 62.6 Å². The average Bonchev–Trinajstić information content (AvgIpc) is 3.28. The Morgan fingerprint density at radius 2 is 1.59 bits per heavy atom. The van der Waals surface area contributed by atoms with Crippen LogP contribution in [0.4, 0.5) is 0 Å². The third kappa shape index (κ3) is 3.72. The first kappa shape index (κ1) is 17.7. The second-order valence-electron chi connectivity index (χ2n) is 7.36. The predicted octanol–water partition coefficient (Wildman–Crippen LogP) is 2.13. The molecule has 0 radical (unpaired) electrons. The molecule has 7 nitrogen and oxygen atoms in total. The zero-order valence-electron chi connectivity index (χ0n) is 15.5. The quantitative estimate of drug-likeness (QED) is 0.833. The van der Waals surface area contributed by atoms with Gasteiger partial charge in [-0.05, 0) is 44.2 Å². The van der Waals surface area contributed by atoms with E-state index in [-0.39, 0.29) is 17.7 Å². The fourth-order valence-electron chi connectivity index (χ4n) is 4.11. The van der Waals surface area contributed by atoms with E-state index in [0.29, 0.717) is 18.7 Å². The molecule has 2 aromatic rings. The van der Waals surface area contributed by atoms with Crippen molar-refractivity contribution in [1.29, 1.82) is 0 Å². The number of rotatable bonds is 3. The van der Waals surface area contributed by atoms with Gasteiger partial charge in [0.05, 0.1) is 17.2 Å². The van der Waals surface area contributed by atoms with Gasteiger partial charge in [0, 0.05) is 26.2 Å². The van der Waals surface area contributed by atoms with Crippen molar-refractivity contribution in [2.45, 2.75) is 32.1 Å². The van der Waals surface area contributed by atoms with Crippen molar-refractivity contribution in [3.63, 3.8) is 0 Å². The van der Waals surface area contributed by atoms with Gasteiger partial charge in [-0.15, -0.1) is 10.2 Å². The largest absolute Gasteiger partial charge is 0.342 e. The standard InChI is InChI=1S/C20H25N5O2/c26-19(23-10-4-1-5-11-23)16-7-6-12-24(13-16)20(27)17-8-2-3-9-18(17)25-14-21-22-15-25/h2-3,8-9,14-16H,1,4-7,10-13H2. The van der Waals surface area contributed by atoms with Crippen LogP contribution < -0.4 is 0 Å². The maximum atomic E-state index is 13.2. The van der Waals surface area contributed by atoms with Crippen LogP contribution in [0.25, 0.3) is 5.69 Å². The van der Waals surface area contributed by atoms with Crippen LogP contribution in [-0.2, 0) is 4.79 Å². The third-order valence-corrected chi connectivity index (χ3v) is 5.56. The minimum absolute atomic E-state index is 0.0320.